The molecular formula is C26H28N2O. The van der Waals surface area contributed by atoms with Crippen LogP contribution in [0.1, 0.15) is 52.0 Å². The second-order valence-electron chi connectivity index (χ2n) is 8.15. The van der Waals surface area contributed by atoms with E-state index in [-0.39, 0.29) is 18.0 Å². The summed E-state index contributed by atoms with van der Waals surface area (Å²) in [4.78, 5) is 15.5. The van der Waals surface area contributed by atoms with Gasteiger partial charge in [-0.2, -0.15) is 0 Å². The molecule has 3 aromatic rings. The molecule has 1 aliphatic rings. The average Bonchev–Trinajstić information content (AvgIpc) is 2.70. The average molecular weight is 385 g/mol. The molecular weight excluding hydrogens is 356 g/mol. The molecule has 0 bridgehead atoms. The van der Waals surface area contributed by atoms with Crippen LogP contribution in [0.3, 0.4) is 0 Å². The van der Waals surface area contributed by atoms with Crippen molar-refractivity contribution in [2.24, 2.45) is 0 Å². The number of amides is 1. The second kappa shape index (κ2) is 7.75. The minimum Gasteiger partial charge on any atom is -0.378 e. The largest absolute Gasteiger partial charge is 0.378 e. The van der Waals surface area contributed by atoms with Gasteiger partial charge in [0.1, 0.15) is 0 Å². The lowest BCUT2D eigenvalue weighted by molar-refractivity contribution is 0.0974. The van der Waals surface area contributed by atoms with Crippen molar-refractivity contribution in [2.75, 3.05) is 10.2 Å². The fourth-order valence-corrected chi connectivity index (χ4v) is 4.28. The van der Waals surface area contributed by atoms with Crippen LogP contribution in [0, 0.1) is 20.8 Å². The van der Waals surface area contributed by atoms with E-state index in [2.05, 4.69) is 68.6 Å². The Morgan fingerprint density at radius 1 is 0.897 bits per heavy atom. The smallest absolute Gasteiger partial charge is 0.258 e. The third-order valence-electron chi connectivity index (χ3n) is 5.89. The number of anilines is 2. The van der Waals surface area contributed by atoms with Gasteiger partial charge in [0.2, 0.25) is 0 Å². The van der Waals surface area contributed by atoms with Crippen molar-refractivity contribution in [3.63, 3.8) is 0 Å². The predicted octanol–water partition coefficient (Wildman–Crippen LogP) is 6.20. The molecule has 0 saturated carbocycles. The molecule has 0 aliphatic carbocycles. The summed E-state index contributed by atoms with van der Waals surface area (Å²) in [5.41, 5.74) is 7.64. The van der Waals surface area contributed by atoms with Crippen molar-refractivity contribution in [1.29, 1.82) is 0 Å². The molecule has 0 fully saturated rings. The van der Waals surface area contributed by atoms with Crippen LogP contribution in [0.4, 0.5) is 11.4 Å². The van der Waals surface area contributed by atoms with Gasteiger partial charge in [0.25, 0.3) is 5.91 Å². The predicted molar refractivity (Wildman–Crippen MR) is 121 cm³/mol. The van der Waals surface area contributed by atoms with E-state index in [9.17, 15) is 4.79 Å². The number of nitrogens with one attached hydrogen (secondary N) is 1. The van der Waals surface area contributed by atoms with Gasteiger partial charge in [-0.3, -0.25) is 4.79 Å². The molecule has 1 aliphatic heterocycles. The van der Waals surface area contributed by atoms with Crippen molar-refractivity contribution in [2.45, 2.75) is 46.2 Å². The molecule has 1 N–H and O–H groups in total. The van der Waals surface area contributed by atoms with E-state index >= 15 is 0 Å². The Hall–Kier alpha value is -3.07. The monoisotopic (exact) mass is 384 g/mol. The molecule has 1 heterocycles. The lowest BCUT2D eigenvalue weighted by atomic mass is 9.88. The Balaban J connectivity index is 1.74. The molecule has 0 spiro atoms. The highest BCUT2D eigenvalue weighted by atomic mass is 16.2. The fourth-order valence-electron chi connectivity index (χ4n) is 4.28. The van der Waals surface area contributed by atoms with Crippen molar-refractivity contribution < 1.29 is 4.79 Å². The number of carbonyl (C=O) groups excluding carboxylic acids is 1. The van der Waals surface area contributed by atoms with Crippen LogP contribution in [-0.2, 0) is 0 Å². The van der Waals surface area contributed by atoms with Gasteiger partial charge in [-0.25, -0.2) is 0 Å². The summed E-state index contributed by atoms with van der Waals surface area (Å²) in [5.74, 6) is 0.0717. The maximum atomic E-state index is 13.5. The summed E-state index contributed by atoms with van der Waals surface area (Å²) in [7, 11) is 0. The van der Waals surface area contributed by atoms with E-state index in [4.69, 9.17) is 0 Å². The molecule has 0 saturated heterocycles. The Kier molecular flexibility index (Phi) is 5.14. The molecule has 148 valence electrons. The molecule has 0 radical (unpaired) electrons. The molecule has 4 rings (SSSR count). The van der Waals surface area contributed by atoms with Crippen LogP contribution in [-0.4, -0.2) is 11.9 Å². The number of rotatable bonds is 3. The van der Waals surface area contributed by atoms with Crippen molar-refractivity contribution in [1.82, 2.24) is 0 Å². The molecule has 3 heteroatoms. The van der Waals surface area contributed by atoms with Crippen LogP contribution >= 0.6 is 0 Å². The Morgan fingerprint density at radius 2 is 1.59 bits per heavy atom. The molecule has 3 nitrogen and oxygen atoms in total. The highest BCUT2D eigenvalue weighted by Gasteiger charge is 2.35. The zero-order valence-corrected chi connectivity index (χ0v) is 17.6. The van der Waals surface area contributed by atoms with Crippen molar-refractivity contribution in [3.05, 3.63) is 94.5 Å². The van der Waals surface area contributed by atoms with E-state index in [0.29, 0.717) is 0 Å². The number of para-hydroxylation sites is 2. The number of hydrogen-bond donors (Lipinski definition) is 1. The quantitative estimate of drug-likeness (QED) is 0.583. The summed E-state index contributed by atoms with van der Waals surface area (Å²) in [5, 5.41) is 3.73. The van der Waals surface area contributed by atoms with E-state index in [1.165, 1.54) is 11.1 Å². The van der Waals surface area contributed by atoms with Crippen LogP contribution < -0.4 is 10.2 Å². The maximum absolute atomic E-state index is 13.5. The highest BCUT2D eigenvalue weighted by molar-refractivity contribution is 6.07. The molecule has 0 aromatic heterocycles. The Bertz CT molecular complexity index is 1040. The normalized spacial score (nSPS) is 18.3. The lowest BCUT2D eigenvalue weighted by Crippen LogP contribution is -2.44. The summed E-state index contributed by atoms with van der Waals surface area (Å²) in [6.45, 7) is 8.41. The maximum Gasteiger partial charge on any atom is 0.258 e. The van der Waals surface area contributed by atoms with Gasteiger partial charge in [-0.15, -0.1) is 0 Å². The molecule has 2 unspecified atom stereocenters. The third-order valence-corrected chi connectivity index (χ3v) is 5.89. The van der Waals surface area contributed by atoms with E-state index in [0.717, 1.165) is 34.5 Å². The molecule has 29 heavy (non-hydrogen) atoms. The Labute approximate surface area is 173 Å². The van der Waals surface area contributed by atoms with Gasteiger partial charge in [0.05, 0.1) is 11.7 Å². The van der Waals surface area contributed by atoms with Gasteiger partial charge >= 0.3 is 0 Å². The number of benzene rings is 3. The van der Waals surface area contributed by atoms with E-state index in [1.807, 2.05) is 36.1 Å². The molecule has 3 aromatic carbocycles. The summed E-state index contributed by atoms with van der Waals surface area (Å²) in [6, 6.07) is 22.8. The molecule has 2 atom stereocenters. The number of carbonyl (C=O) groups is 1. The second-order valence-corrected chi connectivity index (χ2v) is 8.15. The Morgan fingerprint density at radius 3 is 2.31 bits per heavy atom. The number of fused-ring (bicyclic) bond motifs is 1. The first-order valence-corrected chi connectivity index (χ1v) is 10.3. The minimum atomic E-state index is 0.0717. The first-order valence-electron chi connectivity index (χ1n) is 10.3. The zero-order valence-electron chi connectivity index (χ0n) is 17.6. The number of hydrogen-bond acceptors (Lipinski definition) is 2. The minimum absolute atomic E-state index is 0.0717. The number of aryl methyl sites for hydroxylation is 3. The molecule has 1 amide bonds. The summed E-state index contributed by atoms with van der Waals surface area (Å²) >= 11 is 0. The van der Waals surface area contributed by atoms with Crippen LogP contribution in [0.25, 0.3) is 0 Å². The first kappa shape index (κ1) is 19.3. The van der Waals surface area contributed by atoms with Crippen LogP contribution in [0.2, 0.25) is 0 Å². The topological polar surface area (TPSA) is 32.3 Å². The first-order chi connectivity index (χ1) is 14.0. The van der Waals surface area contributed by atoms with Crippen molar-refractivity contribution >= 4 is 17.3 Å². The van der Waals surface area contributed by atoms with Gasteiger partial charge in [0, 0.05) is 17.3 Å². The van der Waals surface area contributed by atoms with Crippen LogP contribution in [0.5, 0.6) is 0 Å². The standard InChI is InChI=1S/C26H28N2O/c1-17-12-14-21(15-13-17)26(29)28-20(4)16-24(22-10-7-9-19(3)25(22)28)27-23-11-6-5-8-18(23)2/h5-15,20,24,27H,16H2,1-4H3. The van der Waals surface area contributed by atoms with Crippen LogP contribution in [0.15, 0.2) is 66.7 Å². The number of nitrogens with zero attached hydrogens (tertiary/aromatic N) is 1. The fraction of sp³-hybridized carbons (Fsp3) is 0.269. The van der Waals surface area contributed by atoms with Gasteiger partial charge in [-0.1, -0.05) is 54.1 Å². The van der Waals surface area contributed by atoms with Gasteiger partial charge < -0.3 is 10.2 Å². The highest BCUT2D eigenvalue weighted by Crippen LogP contribution is 2.41. The lowest BCUT2D eigenvalue weighted by Gasteiger charge is -2.41. The zero-order chi connectivity index (χ0) is 20.5. The summed E-state index contributed by atoms with van der Waals surface area (Å²) < 4.78 is 0. The SMILES string of the molecule is Cc1ccc(C(=O)N2c3c(C)cccc3C(Nc3ccccc3C)CC2C)cc1. The van der Waals surface area contributed by atoms with E-state index in [1.54, 1.807) is 0 Å². The van der Waals surface area contributed by atoms with Gasteiger partial charge in [-0.05, 0) is 69.0 Å². The van der Waals surface area contributed by atoms with E-state index < -0.39 is 0 Å². The summed E-state index contributed by atoms with van der Waals surface area (Å²) in [6.07, 6.45) is 0.863. The van der Waals surface area contributed by atoms with Gasteiger partial charge in [0.15, 0.2) is 0 Å². The van der Waals surface area contributed by atoms with Crippen molar-refractivity contribution in [3.8, 4) is 0 Å². The third kappa shape index (κ3) is 3.65.